The maximum absolute atomic E-state index is 11.9. The summed E-state index contributed by atoms with van der Waals surface area (Å²) in [6, 6.07) is 0. The lowest BCUT2D eigenvalue weighted by atomic mass is 9.77. The molecule has 0 aromatic rings. The number of nitrogens with one attached hydrogen (secondary N) is 1. The zero-order chi connectivity index (χ0) is 15.0. The molecule has 0 heterocycles. The summed E-state index contributed by atoms with van der Waals surface area (Å²) in [4.78, 5) is 11.9. The summed E-state index contributed by atoms with van der Waals surface area (Å²) in [6.45, 7) is 7.34. The van der Waals surface area contributed by atoms with Crippen molar-refractivity contribution >= 4 is 5.91 Å². The molecular formula is C16H32N2O2. The van der Waals surface area contributed by atoms with Gasteiger partial charge in [-0.2, -0.15) is 0 Å². The Morgan fingerprint density at radius 1 is 1.35 bits per heavy atom. The first-order valence-electron chi connectivity index (χ1n) is 8.22. The summed E-state index contributed by atoms with van der Waals surface area (Å²) >= 11 is 0. The van der Waals surface area contributed by atoms with Crippen molar-refractivity contribution in [2.75, 3.05) is 13.1 Å². The van der Waals surface area contributed by atoms with E-state index in [1.165, 1.54) is 25.7 Å². The molecule has 20 heavy (non-hydrogen) atoms. The number of rotatable bonds is 8. The fraction of sp³-hybridized carbons (Fsp3) is 0.938. The second kappa shape index (κ2) is 8.63. The van der Waals surface area contributed by atoms with Gasteiger partial charge in [0.2, 0.25) is 5.91 Å². The largest absolute Gasteiger partial charge is 0.361 e. The monoisotopic (exact) mass is 284 g/mol. The Hall–Kier alpha value is -0.610. The van der Waals surface area contributed by atoms with Gasteiger partial charge in [-0.05, 0) is 44.9 Å². The highest BCUT2D eigenvalue weighted by Crippen LogP contribution is 2.37. The maximum Gasteiger partial charge on any atom is 0.248 e. The van der Waals surface area contributed by atoms with Gasteiger partial charge in [0.05, 0.1) is 5.60 Å². The molecular weight excluding hydrogens is 252 g/mol. The Labute approximate surface area is 123 Å². The zero-order valence-corrected chi connectivity index (χ0v) is 13.4. The minimum absolute atomic E-state index is 0.0182. The summed E-state index contributed by atoms with van der Waals surface area (Å²) < 4.78 is 6.08. The van der Waals surface area contributed by atoms with Crippen molar-refractivity contribution < 1.29 is 9.53 Å². The van der Waals surface area contributed by atoms with Crippen molar-refractivity contribution in [1.82, 2.24) is 5.32 Å². The number of carbonyl (C=O) groups is 1. The molecule has 4 heteroatoms. The zero-order valence-electron chi connectivity index (χ0n) is 13.4. The van der Waals surface area contributed by atoms with Gasteiger partial charge >= 0.3 is 0 Å². The lowest BCUT2D eigenvalue weighted by Gasteiger charge is -2.40. The number of ether oxygens (including phenoxy) is 1. The SMILES string of the molecule is CCCNC(=O)C(C)OC1(CN)CCC(CCC)CC1. The van der Waals surface area contributed by atoms with E-state index in [0.29, 0.717) is 13.1 Å². The highest BCUT2D eigenvalue weighted by atomic mass is 16.5. The van der Waals surface area contributed by atoms with Crippen molar-refractivity contribution in [2.45, 2.75) is 77.4 Å². The Balaban J connectivity index is 2.48. The van der Waals surface area contributed by atoms with Gasteiger partial charge in [0.15, 0.2) is 0 Å². The van der Waals surface area contributed by atoms with E-state index in [0.717, 1.165) is 25.2 Å². The van der Waals surface area contributed by atoms with Crippen molar-refractivity contribution in [2.24, 2.45) is 11.7 Å². The number of hydrogen-bond donors (Lipinski definition) is 2. The van der Waals surface area contributed by atoms with Crippen molar-refractivity contribution in [3.05, 3.63) is 0 Å². The summed E-state index contributed by atoms with van der Waals surface area (Å²) in [6.07, 6.45) is 7.40. The minimum atomic E-state index is -0.409. The average Bonchev–Trinajstić information content (AvgIpc) is 2.47. The second-order valence-electron chi connectivity index (χ2n) is 6.17. The molecule has 4 nitrogen and oxygen atoms in total. The van der Waals surface area contributed by atoms with Gasteiger partial charge in [-0.1, -0.05) is 26.7 Å². The Morgan fingerprint density at radius 2 is 2.00 bits per heavy atom. The summed E-state index contributed by atoms with van der Waals surface area (Å²) in [7, 11) is 0. The van der Waals surface area contributed by atoms with E-state index in [1.54, 1.807) is 0 Å². The van der Waals surface area contributed by atoms with Gasteiger partial charge in [0, 0.05) is 13.1 Å². The fourth-order valence-corrected chi connectivity index (χ4v) is 3.09. The number of amides is 1. The van der Waals surface area contributed by atoms with Crippen molar-refractivity contribution in [3.8, 4) is 0 Å². The highest BCUT2D eigenvalue weighted by Gasteiger charge is 2.37. The molecule has 0 radical (unpaired) electrons. The van der Waals surface area contributed by atoms with Crippen LogP contribution in [0, 0.1) is 5.92 Å². The standard InChI is InChI=1S/C16H32N2O2/c1-4-6-14-7-9-16(12-17,10-8-14)20-13(3)15(19)18-11-5-2/h13-14H,4-12,17H2,1-3H3,(H,18,19). The quantitative estimate of drug-likeness (QED) is 0.720. The molecule has 0 bridgehead atoms. The second-order valence-corrected chi connectivity index (χ2v) is 6.17. The minimum Gasteiger partial charge on any atom is -0.361 e. The van der Waals surface area contributed by atoms with E-state index < -0.39 is 6.10 Å². The maximum atomic E-state index is 11.9. The van der Waals surface area contributed by atoms with Gasteiger partial charge in [-0.3, -0.25) is 4.79 Å². The molecule has 1 saturated carbocycles. The molecule has 118 valence electrons. The summed E-state index contributed by atoms with van der Waals surface area (Å²) in [5.41, 5.74) is 5.66. The molecule has 0 aromatic heterocycles. The molecule has 3 N–H and O–H groups in total. The Bertz CT molecular complexity index is 286. The topological polar surface area (TPSA) is 64.3 Å². The molecule has 1 unspecified atom stereocenters. The van der Waals surface area contributed by atoms with Crippen molar-refractivity contribution in [3.63, 3.8) is 0 Å². The summed E-state index contributed by atoms with van der Waals surface area (Å²) in [5, 5.41) is 2.89. The summed E-state index contributed by atoms with van der Waals surface area (Å²) in [5.74, 6) is 0.794. The van der Waals surface area contributed by atoms with E-state index in [9.17, 15) is 4.79 Å². The lowest BCUT2D eigenvalue weighted by Crippen LogP contribution is -2.49. The van der Waals surface area contributed by atoms with Crippen LogP contribution in [-0.4, -0.2) is 30.7 Å². The average molecular weight is 284 g/mol. The van der Waals surface area contributed by atoms with Crippen LogP contribution in [0.15, 0.2) is 0 Å². The van der Waals surface area contributed by atoms with Crippen LogP contribution in [-0.2, 0) is 9.53 Å². The molecule has 0 spiro atoms. The van der Waals surface area contributed by atoms with Crippen molar-refractivity contribution in [1.29, 1.82) is 0 Å². The molecule has 1 aliphatic rings. The predicted octanol–water partition coefficient (Wildman–Crippen LogP) is 2.61. The Morgan fingerprint density at radius 3 is 2.50 bits per heavy atom. The van der Waals surface area contributed by atoms with Crippen LogP contribution in [0.2, 0.25) is 0 Å². The smallest absolute Gasteiger partial charge is 0.248 e. The first-order chi connectivity index (χ1) is 9.56. The molecule has 1 rings (SSSR count). The third-order valence-corrected chi connectivity index (χ3v) is 4.43. The van der Waals surface area contributed by atoms with Crippen LogP contribution in [0.25, 0.3) is 0 Å². The fourth-order valence-electron chi connectivity index (χ4n) is 3.09. The molecule has 0 aliphatic heterocycles. The number of hydrogen-bond acceptors (Lipinski definition) is 3. The van der Waals surface area contributed by atoms with Gasteiger partial charge in [0.25, 0.3) is 0 Å². The van der Waals surface area contributed by atoms with Gasteiger partial charge < -0.3 is 15.8 Å². The predicted molar refractivity (Wildman–Crippen MR) is 82.5 cm³/mol. The van der Waals surface area contributed by atoms with Crippen LogP contribution < -0.4 is 11.1 Å². The molecule has 0 aromatic carbocycles. The third-order valence-electron chi connectivity index (χ3n) is 4.43. The van der Waals surface area contributed by atoms with E-state index in [-0.39, 0.29) is 11.5 Å². The van der Waals surface area contributed by atoms with Crippen LogP contribution in [0.3, 0.4) is 0 Å². The van der Waals surface area contributed by atoms with Gasteiger partial charge in [-0.15, -0.1) is 0 Å². The Kier molecular flexibility index (Phi) is 7.52. The van der Waals surface area contributed by atoms with E-state index in [1.807, 2.05) is 13.8 Å². The number of nitrogens with two attached hydrogens (primary N) is 1. The first-order valence-corrected chi connectivity index (χ1v) is 8.22. The molecule has 1 amide bonds. The first kappa shape index (κ1) is 17.4. The van der Waals surface area contributed by atoms with Gasteiger partial charge in [0.1, 0.15) is 6.10 Å². The van der Waals surface area contributed by atoms with E-state index in [2.05, 4.69) is 12.2 Å². The molecule has 1 atom stereocenters. The van der Waals surface area contributed by atoms with Crippen LogP contribution in [0.5, 0.6) is 0 Å². The normalized spacial score (nSPS) is 28.1. The lowest BCUT2D eigenvalue weighted by molar-refractivity contribution is -0.150. The molecule has 1 aliphatic carbocycles. The van der Waals surface area contributed by atoms with Crippen LogP contribution in [0.1, 0.15) is 65.7 Å². The highest BCUT2D eigenvalue weighted by molar-refractivity contribution is 5.80. The van der Waals surface area contributed by atoms with Gasteiger partial charge in [-0.25, -0.2) is 0 Å². The van der Waals surface area contributed by atoms with E-state index >= 15 is 0 Å². The van der Waals surface area contributed by atoms with Crippen LogP contribution in [0.4, 0.5) is 0 Å². The van der Waals surface area contributed by atoms with Crippen LogP contribution >= 0.6 is 0 Å². The van der Waals surface area contributed by atoms with E-state index in [4.69, 9.17) is 10.5 Å². The third kappa shape index (κ3) is 5.06. The number of carbonyl (C=O) groups excluding carboxylic acids is 1. The molecule has 0 saturated heterocycles. The molecule has 1 fully saturated rings.